The number of carbonyl (C=O) groups is 1. The van der Waals surface area contributed by atoms with Gasteiger partial charge in [0.1, 0.15) is 23.2 Å². The van der Waals surface area contributed by atoms with Crippen LogP contribution in [0.3, 0.4) is 0 Å². The summed E-state index contributed by atoms with van der Waals surface area (Å²) in [7, 11) is 1.28. The van der Waals surface area contributed by atoms with Crippen LogP contribution in [0.25, 0.3) is 17.0 Å². The zero-order chi connectivity index (χ0) is 19.0. The number of anilines is 3. The molecule has 0 aliphatic carbocycles. The summed E-state index contributed by atoms with van der Waals surface area (Å²) in [5.74, 6) is 1.65. The van der Waals surface area contributed by atoms with Gasteiger partial charge < -0.3 is 15.8 Å². The van der Waals surface area contributed by atoms with Crippen molar-refractivity contribution in [2.24, 2.45) is 0 Å². The van der Waals surface area contributed by atoms with E-state index in [1.807, 2.05) is 0 Å². The Kier molecular flexibility index (Phi) is 3.88. The first-order valence-electron chi connectivity index (χ1n) is 7.91. The summed E-state index contributed by atoms with van der Waals surface area (Å²) in [4.78, 5) is 25.0. The first kappa shape index (κ1) is 16.4. The van der Waals surface area contributed by atoms with Gasteiger partial charge >= 0.3 is 6.09 Å². The van der Waals surface area contributed by atoms with E-state index in [2.05, 4.69) is 30.5 Å². The van der Waals surface area contributed by atoms with Crippen LogP contribution >= 0.6 is 0 Å². The lowest BCUT2D eigenvalue weighted by Gasteiger charge is -2.08. The molecular formula is C16H15N9O2. The van der Waals surface area contributed by atoms with E-state index in [9.17, 15) is 4.79 Å². The van der Waals surface area contributed by atoms with E-state index in [-0.39, 0.29) is 0 Å². The number of nitrogens with one attached hydrogen (secondary N) is 1. The molecule has 0 aliphatic heterocycles. The van der Waals surface area contributed by atoms with Crippen molar-refractivity contribution in [1.82, 2.24) is 34.3 Å². The molecule has 3 N–H and O–H groups in total. The third kappa shape index (κ3) is 2.90. The molecule has 0 radical (unpaired) electrons. The van der Waals surface area contributed by atoms with Crippen molar-refractivity contribution in [3.05, 3.63) is 42.5 Å². The summed E-state index contributed by atoms with van der Waals surface area (Å²) < 4.78 is 7.44. The lowest BCUT2D eigenvalue weighted by atomic mass is 10.3. The van der Waals surface area contributed by atoms with Crippen LogP contribution < -0.4 is 11.1 Å². The molecule has 11 heteroatoms. The van der Waals surface area contributed by atoms with Crippen LogP contribution in [-0.2, 0) is 4.74 Å². The average molecular weight is 365 g/mol. The summed E-state index contributed by atoms with van der Waals surface area (Å²) in [5.41, 5.74) is 7.58. The highest BCUT2D eigenvalue weighted by molar-refractivity contribution is 5.80. The van der Waals surface area contributed by atoms with Crippen LogP contribution in [0, 0.1) is 6.92 Å². The lowest BCUT2D eigenvalue weighted by Crippen LogP contribution is -2.15. The zero-order valence-electron chi connectivity index (χ0n) is 14.5. The van der Waals surface area contributed by atoms with Crippen LogP contribution in [0.4, 0.5) is 22.2 Å². The fourth-order valence-corrected chi connectivity index (χ4v) is 2.67. The van der Waals surface area contributed by atoms with Crippen molar-refractivity contribution in [2.75, 3.05) is 18.2 Å². The van der Waals surface area contributed by atoms with E-state index in [0.717, 1.165) is 4.68 Å². The highest BCUT2D eigenvalue weighted by atomic mass is 16.5. The predicted octanol–water partition coefficient (Wildman–Crippen LogP) is 1.63. The SMILES string of the molecule is COC(=O)n1nccc1Nc1nc2cccnn2c1-c1cc(N)nc(C)n1. The predicted molar refractivity (Wildman–Crippen MR) is 96.5 cm³/mol. The first-order chi connectivity index (χ1) is 13.1. The van der Waals surface area contributed by atoms with Crippen LogP contribution in [0.2, 0.25) is 0 Å². The molecular weight excluding hydrogens is 350 g/mol. The van der Waals surface area contributed by atoms with Crippen molar-refractivity contribution in [3.8, 4) is 11.4 Å². The molecule has 4 rings (SSSR count). The molecule has 0 spiro atoms. The summed E-state index contributed by atoms with van der Waals surface area (Å²) in [6, 6.07) is 6.83. The Morgan fingerprint density at radius 1 is 1.19 bits per heavy atom. The van der Waals surface area contributed by atoms with Gasteiger partial charge in [-0.15, -0.1) is 4.68 Å². The third-order valence-electron chi connectivity index (χ3n) is 3.73. The number of hydrogen-bond donors (Lipinski definition) is 2. The minimum absolute atomic E-state index is 0.328. The third-order valence-corrected chi connectivity index (χ3v) is 3.73. The van der Waals surface area contributed by atoms with Crippen molar-refractivity contribution in [3.63, 3.8) is 0 Å². The van der Waals surface area contributed by atoms with Crippen LogP contribution in [0.1, 0.15) is 5.82 Å². The molecule has 27 heavy (non-hydrogen) atoms. The van der Waals surface area contributed by atoms with Crippen LogP contribution in [0.5, 0.6) is 0 Å². The van der Waals surface area contributed by atoms with Gasteiger partial charge in [-0.2, -0.15) is 10.2 Å². The summed E-state index contributed by atoms with van der Waals surface area (Å²) in [5, 5.41) is 11.4. The standard InChI is InChI=1S/C16H15N9O2/c1-9-20-10(8-11(17)21-9)14-15(22-12-4-3-6-18-24(12)14)23-13-5-7-19-25(13)16(26)27-2/h3-8,23H,1-2H3,(H2,17,20,21). The topological polar surface area (TPSA) is 138 Å². The Morgan fingerprint density at radius 3 is 2.81 bits per heavy atom. The number of methoxy groups -OCH3 is 1. The molecule has 0 aliphatic rings. The number of aryl methyl sites for hydroxylation is 1. The number of hydrogen-bond acceptors (Lipinski definition) is 9. The van der Waals surface area contributed by atoms with E-state index in [1.165, 1.54) is 13.3 Å². The normalized spacial score (nSPS) is 10.9. The Hall–Kier alpha value is -4.02. The van der Waals surface area contributed by atoms with E-state index >= 15 is 0 Å². The van der Waals surface area contributed by atoms with Gasteiger partial charge in [-0.05, 0) is 19.1 Å². The summed E-state index contributed by atoms with van der Waals surface area (Å²) in [6.07, 6.45) is 2.48. The summed E-state index contributed by atoms with van der Waals surface area (Å²) >= 11 is 0. The molecule has 0 aromatic carbocycles. The molecule has 0 saturated heterocycles. The number of carbonyl (C=O) groups excluding carboxylic acids is 1. The average Bonchev–Trinajstić information content (AvgIpc) is 3.24. The number of fused-ring (bicyclic) bond motifs is 1. The van der Waals surface area contributed by atoms with Gasteiger partial charge in [0.05, 0.1) is 19.0 Å². The van der Waals surface area contributed by atoms with Gasteiger partial charge in [-0.25, -0.2) is 24.3 Å². The number of nitrogen functional groups attached to an aromatic ring is 1. The number of rotatable bonds is 3. The van der Waals surface area contributed by atoms with E-state index in [4.69, 9.17) is 10.5 Å². The quantitative estimate of drug-likeness (QED) is 0.554. The molecule has 0 saturated carbocycles. The molecule has 0 unspecified atom stereocenters. The number of imidazole rings is 1. The molecule has 0 fully saturated rings. The second kappa shape index (κ2) is 6.37. The van der Waals surface area contributed by atoms with E-state index in [0.29, 0.717) is 40.3 Å². The zero-order valence-corrected chi connectivity index (χ0v) is 14.5. The van der Waals surface area contributed by atoms with Gasteiger partial charge in [0, 0.05) is 18.3 Å². The van der Waals surface area contributed by atoms with Gasteiger partial charge in [0.15, 0.2) is 11.5 Å². The highest BCUT2D eigenvalue weighted by Crippen LogP contribution is 2.30. The first-order valence-corrected chi connectivity index (χ1v) is 7.91. The maximum absolute atomic E-state index is 11.9. The Balaban J connectivity index is 1.89. The molecule has 0 atom stereocenters. The van der Waals surface area contributed by atoms with Gasteiger partial charge in [-0.3, -0.25) is 0 Å². The van der Waals surface area contributed by atoms with Crippen LogP contribution in [-0.4, -0.2) is 47.5 Å². The number of nitrogens with two attached hydrogens (primary N) is 1. The van der Waals surface area contributed by atoms with Gasteiger partial charge in [-0.1, -0.05) is 0 Å². The minimum atomic E-state index is -0.631. The molecule has 4 aromatic rings. The lowest BCUT2D eigenvalue weighted by molar-refractivity contribution is 0.170. The highest BCUT2D eigenvalue weighted by Gasteiger charge is 2.20. The molecule has 0 amide bonds. The van der Waals surface area contributed by atoms with E-state index in [1.54, 1.807) is 41.9 Å². The fourth-order valence-electron chi connectivity index (χ4n) is 2.67. The Labute approximate surface area is 152 Å². The maximum atomic E-state index is 11.9. The van der Waals surface area contributed by atoms with Gasteiger partial charge in [0.25, 0.3) is 0 Å². The molecule has 0 bridgehead atoms. The Bertz CT molecular complexity index is 1130. The Morgan fingerprint density at radius 2 is 2.04 bits per heavy atom. The largest absolute Gasteiger partial charge is 0.451 e. The van der Waals surface area contributed by atoms with Crippen molar-refractivity contribution in [1.29, 1.82) is 0 Å². The number of ether oxygens (including phenoxy) is 1. The molecule has 4 aromatic heterocycles. The van der Waals surface area contributed by atoms with E-state index < -0.39 is 6.09 Å². The van der Waals surface area contributed by atoms with Crippen molar-refractivity contribution < 1.29 is 9.53 Å². The molecule has 11 nitrogen and oxygen atoms in total. The second-order valence-corrected chi connectivity index (χ2v) is 5.55. The van der Waals surface area contributed by atoms with Crippen LogP contribution in [0.15, 0.2) is 36.7 Å². The number of aromatic nitrogens is 7. The molecule has 136 valence electrons. The molecule has 4 heterocycles. The van der Waals surface area contributed by atoms with Crippen molar-refractivity contribution in [2.45, 2.75) is 6.92 Å². The summed E-state index contributed by atoms with van der Waals surface area (Å²) in [6.45, 7) is 1.75. The van der Waals surface area contributed by atoms with Gasteiger partial charge in [0.2, 0.25) is 0 Å². The van der Waals surface area contributed by atoms with Crippen molar-refractivity contribution >= 4 is 29.2 Å². The number of nitrogens with zero attached hydrogens (tertiary/aromatic N) is 7. The fraction of sp³-hybridized carbons (Fsp3) is 0.125. The second-order valence-electron chi connectivity index (χ2n) is 5.55. The maximum Gasteiger partial charge on any atom is 0.436 e. The minimum Gasteiger partial charge on any atom is -0.451 e. The monoisotopic (exact) mass is 365 g/mol. The smallest absolute Gasteiger partial charge is 0.436 e.